The zero-order valence-electron chi connectivity index (χ0n) is 18.3. The van der Waals surface area contributed by atoms with E-state index in [9.17, 15) is 15.1 Å². The summed E-state index contributed by atoms with van der Waals surface area (Å²) in [5.74, 6) is -0.244. The summed E-state index contributed by atoms with van der Waals surface area (Å²) < 4.78 is 5.39. The van der Waals surface area contributed by atoms with E-state index < -0.39 is 5.54 Å². The molecule has 164 valence electrons. The number of piperidine rings is 1. The smallest absolute Gasteiger partial charge is 0.282 e. The normalized spacial score (nSPS) is 23.4. The second-order valence-electron chi connectivity index (χ2n) is 9.20. The minimum Gasteiger partial charge on any atom is -0.509 e. The van der Waals surface area contributed by atoms with Crippen molar-refractivity contribution in [1.82, 2.24) is 10.1 Å². The summed E-state index contributed by atoms with van der Waals surface area (Å²) >= 11 is 0. The minimum atomic E-state index is -0.949. The lowest BCUT2D eigenvalue weighted by Crippen LogP contribution is -2.56. The van der Waals surface area contributed by atoms with E-state index in [1.165, 1.54) is 10.1 Å². The third kappa shape index (κ3) is 3.24. The predicted octanol–water partition coefficient (Wildman–Crippen LogP) is 3.31. The molecule has 7 nitrogen and oxygen atoms in total. The first-order valence-corrected chi connectivity index (χ1v) is 10.7. The molecule has 2 N–H and O–H groups in total. The Hall–Kier alpha value is -1.93. The van der Waals surface area contributed by atoms with Gasteiger partial charge in [0.05, 0.1) is 25.4 Å². The van der Waals surface area contributed by atoms with Crippen molar-refractivity contribution in [2.24, 2.45) is 5.41 Å². The predicted molar refractivity (Wildman–Crippen MR) is 112 cm³/mol. The van der Waals surface area contributed by atoms with Gasteiger partial charge in [-0.15, -0.1) is 0 Å². The standard InChI is InChI=1S/C23H32N2O5/c1-5-22(12-29-13-22)14-30-25-21(27)19(18-16(3)10-15(2)11-17(18)4)20(26)23(25)6-8-24(28)9-7-23/h10-11,26,28H,5-9,12-14H2,1-4H3. The van der Waals surface area contributed by atoms with Crippen molar-refractivity contribution in [3.63, 3.8) is 0 Å². The molecule has 0 saturated carbocycles. The molecule has 1 aromatic carbocycles. The average molecular weight is 417 g/mol. The molecule has 30 heavy (non-hydrogen) atoms. The highest BCUT2D eigenvalue weighted by Gasteiger charge is 2.56. The van der Waals surface area contributed by atoms with Crippen molar-refractivity contribution in [3.8, 4) is 0 Å². The molecule has 3 aliphatic heterocycles. The summed E-state index contributed by atoms with van der Waals surface area (Å²) in [6.45, 7) is 10.4. The van der Waals surface area contributed by atoms with Gasteiger partial charge in [0.25, 0.3) is 5.91 Å². The zero-order valence-corrected chi connectivity index (χ0v) is 18.3. The number of hydrogen-bond acceptors (Lipinski definition) is 6. The van der Waals surface area contributed by atoms with Crippen LogP contribution in [0.25, 0.3) is 5.57 Å². The average Bonchev–Trinajstić information content (AvgIpc) is 2.85. The largest absolute Gasteiger partial charge is 0.509 e. The second kappa shape index (κ2) is 7.64. The van der Waals surface area contributed by atoms with Gasteiger partial charge in [0.1, 0.15) is 11.3 Å². The van der Waals surface area contributed by atoms with Gasteiger partial charge >= 0.3 is 0 Å². The summed E-state index contributed by atoms with van der Waals surface area (Å²) in [7, 11) is 0. The Bertz CT molecular complexity index is 853. The van der Waals surface area contributed by atoms with Gasteiger partial charge in [0, 0.05) is 18.5 Å². The molecular weight excluding hydrogens is 384 g/mol. The van der Waals surface area contributed by atoms with Crippen LogP contribution in [0.3, 0.4) is 0 Å². The first kappa shape index (κ1) is 21.3. The van der Waals surface area contributed by atoms with Crippen LogP contribution in [-0.2, 0) is 14.4 Å². The highest BCUT2D eigenvalue weighted by molar-refractivity contribution is 6.23. The van der Waals surface area contributed by atoms with Crippen molar-refractivity contribution < 1.29 is 24.7 Å². The molecule has 0 aromatic heterocycles. The Morgan fingerprint density at radius 1 is 1.13 bits per heavy atom. The summed E-state index contributed by atoms with van der Waals surface area (Å²) in [5, 5.41) is 24.0. The zero-order chi connectivity index (χ0) is 21.7. The van der Waals surface area contributed by atoms with Gasteiger partial charge in [-0.1, -0.05) is 24.6 Å². The summed E-state index contributed by atoms with van der Waals surface area (Å²) in [6.07, 6.45) is 1.71. The van der Waals surface area contributed by atoms with Crippen LogP contribution in [0.1, 0.15) is 48.4 Å². The molecule has 1 aromatic rings. The lowest BCUT2D eigenvalue weighted by molar-refractivity contribution is -0.260. The molecule has 0 bridgehead atoms. The Morgan fingerprint density at radius 2 is 1.73 bits per heavy atom. The maximum absolute atomic E-state index is 13.6. The van der Waals surface area contributed by atoms with Crippen molar-refractivity contribution in [2.45, 2.75) is 52.5 Å². The van der Waals surface area contributed by atoms with Crippen molar-refractivity contribution >= 4 is 11.5 Å². The molecule has 0 aliphatic carbocycles. The molecule has 2 saturated heterocycles. The van der Waals surface area contributed by atoms with Crippen LogP contribution in [0.4, 0.5) is 0 Å². The van der Waals surface area contributed by atoms with Crippen LogP contribution in [0, 0.1) is 26.2 Å². The summed E-state index contributed by atoms with van der Waals surface area (Å²) in [4.78, 5) is 19.8. The van der Waals surface area contributed by atoms with Crippen LogP contribution in [-0.4, -0.2) is 64.8 Å². The summed E-state index contributed by atoms with van der Waals surface area (Å²) in [6, 6.07) is 4.06. The van der Waals surface area contributed by atoms with E-state index >= 15 is 0 Å². The Kier molecular flexibility index (Phi) is 5.43. The van der Waals surface area contributed by atoms with Crippen LogP contribution in [0.2, 0.25) is 0 Å². The number of carbonyl (C=O) groups is 1. The Morgan fingerprint density at radius 3 is 2.23 bits per heavy atom. The molecule has 0 radical (unpaired) electrons. The number of aliphatic hydroxyl groups is 1. The van der Waals surface area contributed by atoms with Gasteiger partial charge in [-0.25, -0.2) is 5.06 Å². The van der Waals surface area contributed by atoms with Gasteiger partial charge in [-0.05, 0) is 56.7 Å². The Labute approximate surface area is 177 Å². The SMILES string of the molecule is CCC1(CON2C(=O)C(c3c(C)cc(C)cc3C)=C(O)C23CCN(O)CC3)COC1. The Balaban J connectivity index is 1.74. The third-order valence-corrected chi connectivity index (χ3v) is 7.03. The second-order valence-corrected chi connectivity index (χ2v) is 9.20. The number of benzene rings is 1. The minimum absolute atomic E-state index is 0.0612. The van der Waals surface area contributed by atoms with E-state index in [2.05, 4.69) is 6.92 Å². The number of aryl methyl sites for hydroxylation is 3. The highest BCUT2D eigenvalue weighted by atomic mass is 16.7. The molecule has 0 unspecified atom stereocenters. The van der Waals surface area contributed by atoms with Gasteiger partial charge < -0.3 is 15.1 Å². The molecular formula is C23H32N2O5. The monoisotopic (exact) mass is 416 g/mol. The lowest BCUT2D eigenvalue weighted by atomic mass is 9.84. The van der Waals surface area contributed by atoms with E-state index in [0.717, 1.165) is 28.7 Å². The van der Waals surface area contributed by atoms with Crippen molar-refractivity contribution in [2.75, 3.05) is 32.9 Å². The topological polar surface area (TPSA) is 82.5 Å². The molecule has 7 heteroatoms. The maximum Gasteiger partial charge on any atom is 0.282 e. The molecule has 1 spiro atoms. The van der Waals surface area contributed by atoms with Gasteiger partial charge in [-0.2, -0.15) is 5.06 Å². The number of nitrogens with zero attached hydrogens (tertiary/aromatic N) is 2. The number of ether oxygens (including phenoxy) is 1. The van der Waals surface area contributed by atoms with Crippen LogP contribution in [0.5, 0.6) is 0 Å². The molecule has 1 amide bonds. The quantitative estimate of drug-likeness (QED) is 0.766. The first-order valence-electron chi connectivity index (χ1n) is 10.7. The number of aliphatic hydroxyl groups excluding tert-OH is 1. The number of carbonyl (C=O) groups excluding carboxylic acids is 1. The fourth-order valence-corrected chi connectivity index (χ4v) is 4.99. The number of rotatable bonds is 5. The summed E-state index contributed by atoms with van der Waals surface area (Å²) in [5.41, 5.74) is 3.09. The van der Waals surface area contributed by atoms with Crippen molar-refractivity contribution in [1.29, 1.82) is 0 Å². The molecule has 4 rings (SSSR count). The van der Waals surface area contributed by atoms with Gasteiger partial charge in [0.15, 0.2) is 0 Å². The molecule has 0 atom stereocenters. The van der Waals surface area contributed by atoms with Gasteiger partial charge in [-0.3, -0.25) is 9.63 Å². The van der Waals surface area contributed by atoms with Crippen LogP contribution in [0.15, 0.2) is 17.9 Å². The van der Waals surface area contributed by atoms with Crippen LogP contribution >= 0.6 is 0 Å². The van der Waals surface area contributed by atoms with Gasteiger partial charge in [0.2, 0.25) is 0 Å². The first-order chi connectivity index (χ1) is 14.2. The fourth-order valence-electron chi connectivity index (χ4n) is 4.99. The van der Waals surface area contributed by atoms with E-state index in [4.69, 9.17) is 9.57 Å². The molecule has 3 heterocycles. The fraction of sp³-hybridized carbons (Fsp3) is 0.609. The number of hydroxylamine groups is 4. The number of hydrogen-bond donors (Lipinski definition) is 2. The number of amides is 1. The van der Waals surface area contributed by atoms with Crippen LogP contribution < -0.4 is 0 Å². The molecule has 2 fully saturated rings. The van der Waals surface area contributed by atoms with E-state index in [1.54, 1.807) is 0 Å². The van der Waals surface area contributed by atoms with Crippen molar-refractivity contribution in [3.05, 3.63) is 40.1 Å². The van der Waals surface area contributed by atoms with E-state index in [1.807, 2.05) is 32.9 Å². The van der Waals surface area contributed by atoms with E-state index in [-0.39, 0.29) is 17.1 Å². The maximum atomic E-state index is 13.6. The lowest BCUT2D eigenvalue weighted by Gasteiger charge is -2.45. The molecule has 3 aliphatic rings. The highest BCUT2D eigenvalue weighted by Crippen LogP contribution is 2.47. The van der Waals surface area contributed by atoms with E-state index in [0.29, 0.717) is 51.3 Å². The third-order valence-electron chi connectivity index (χ3n) is 7.03.